The molecule has 1 aliphatic heterocycles. The zero-order chi connectivity index (χ0) is 19.0. The summed E-state index contributed by atoms with van der Waals surface area (Å²) in [5.74, 6) is 2.56. The largest absolute Gasteiger partial charge is 0.454 e. The molecule has 0 unspecified atom stereocenters. The first-order valence-corrected chi connectivity index (χ1v) is 9.51. The van der Waals surface area contributed by atoms with E-state index in [4.69, 9.17) is 21.1 Å². The molecule has 2 aliphatic rings. The van der Waals surface area contributed by atoms with E-state index in [2.05, 4.69) is 27.3 Å². The Morgan fingerprint density at radius 2 is 2.07 bits per heavy atom. The molecule has 1 saturated carbocycles. The van der Waals surface area contributed by atoms with Crippen LogP contribution in [0.4, 0.5) is 0 Å². The monoisotopic (exact) mass is 388 g/mol. The number of rotatable bonds is 5. The minimum Gasteiger partial charge on any atom is -0.454 e. The zero-order valence-corrected chi connectivity index (χ0v) is 16.7. The lowest BCUT2D eigenvalue weighted by molar-refractivity contribution is 0.174. The second kappa shape index (κ2) is 7.00. The van der Waals surface area contributed by atoms with Crippen LogP contribution < -0.4 is 14.8 Å². The van der Waals surface area contributed by atoms with Crippen LogP contribution in [0.5, 0.6) is 11.5 Å². The van der Waals surface area contributed by atoms with Crippen molar-refractivity contribution in [2.45, 2.75) is 24.8 Å². The fourth-order valence-corrected chi connectivity index (χ4v) is 3.89. The van der Waals surface area contributed by atoms with Gasteiger partial charge in [0.2, 0.25) is 6.79 Å². The maximum atomic E-state index is 6.10. The van der Waals surface area contributed by atoms with Gasteiger partial charge in [0.15, 0.2) is 17.5 Å². The topological polar surface area (TPSA) is 51.0 Å². The van der Waals surface area contributed by atoms with E-state index in [9.17, 15) is 0 Å². The van der Waals surface area contributed by atoms with Gasteiger partial charge in [-0.25, -0.2) is 0 Å². The van der Waals surface area contributed by atoms with Crippen molar-refractivity contribution < 1.29 is 9.47 Å². The van der Waals surface area contributed by atoms with Gasteiger partial charge in [-0.15, -0.1) is 0 Å². The number of hydrogen-bond donors (Lipinski definition) is 1. The molecule has 27 heavy (non-hydrogen) atoms. The molecule has 0 atom stereocenters. The highest BCUT2D eigenvalue weighted by atomic mass is 35.5. The van der Waals surface area contributed by atoms with Crippen LogP contribution in [0.2, 0.25) is 5.02 Å². The summed E-state index contributed by atoms with van der Waals surface area (Å²) in [6.45, 7) is 1.89. The number of aryl methyl sites for hydroxylation is 1. The number of aliphatic imine (C=N–C) groups is 1. The van der Waals surface area contributed by atoms with Gasteiger partial charge in [-0.3, -0.25) is 4.99 Å². The Labute approximate surface area is 164 Å². The Bertz CT molecular complexity index is 873. The Hall–Kier alpha value is -2.34. The van der Waals surface area contributed by atoms with Gasteiger partial charge in [0.1, 0.15) is 0 Å². The molecule has 1 aliphatic carbocycles. The molecule has 144 valence electrons. The van der Waals surface area contributed by atoms with Crippen LogP contribution in [-0.2, 0) is 19.0 Å². The lowest BCUT2D eigenvalue weighted by Crippen LogP contribution is -2.42. The smallest absolute Gasteiger partial charge is 0.231 e. The van der Waals surface area contributed by atoms with Crippen LogP contribution in [0.15, 0.2) is 35.5 Å². The van der Waals surface area contributed by atoms with Crippen LogP contribution >= 0.6 is 11.6 Å². The van der Waals surface area contributed by atoms with E-state index in [0.717, 1.165) is 54.1 Å². The summed E-state index contributed by atoms with van der Waals surface area (Å²) >= 11 is 6.10. The molecule has 0 spiro atoms. The molecular weight excluding hydrogens is 364 g/mol. The maximum Gasteiger partial charge on any atom is 0.231 e. The van der Waals surface area contributed by atoms with Crippen LogP contribution in [-0.4, -0.2) is 42.9 Å². The number of guanidine groups is 1. The molecule has 0 saturated heterocycles. The van der Waals surface area contributed by atoms with Gasteiger partial charge in [-0.1, -0.05) is 17.7 Å². The zero-order valence-electron chi connectivity index (χ0n) is 16.0. The molecule has 0 bridgehead atoms. The highest BCUT2D eigenvalue weighted by Crippen LogP contribution is 2.49. The standard InChI is InChI=1S/C20H25ClN4O2/c1-22-19(25(3)11-16-9-15(21)10-24(16)2)23-12-20(6-7-20)14-4-5-17-18(8-14)27-13-26-17/h4-5,8-10H,6-7,11-13H2,1-3H3,(H,22,23). The predicted molar refractivity (Wildman–Crippen MR) is 107 cm³/mol. The quantitative estimate of drug-likeness (QED) is 0.631. The maximum absolute atomic E-state index is 6.10. The molecule has 0 radical (unpaired) electrons. The molecule has 0 amide bonds. The number of hydrogen-bond acceptors (Lipinski definition) is 3. The number of nitrogens with one attached hydrogen (secondary N) is 1. The minimum absolute atomic E-state index is 0.145. The lowest BCUT2D eigenvalue weighted by Gasteiger charge is -2.25. The molecule has 4 rings (SSSR count). The fourth-order valence-electron chi connectivity index (χ4n) is 3.62. The van der Waals surface area contributed by atoms with E-state index >= 15 is 0 Å². The van der Waals surface area contributed by atoms with Crippen LogP contribution in [0.1, 0.15) is 24.1 Å². The lowest BCUT2D eigenvalue weighted by atomic mass is 9.95. The summed E-state index contributed by atoms with van der Waals surface area (Å²) in [6.07, 6.45) is 4.24. The molecule has 6 nitrogen and oxygen atoms in total. The molecule has 7 heteroatoms. The van der Waals surface area contributed by atoms with E-state index < -0.39 is 0 Å². The first-order valence-electron chi connectivity index (χ1n) is 9.13. The van der Waals surface area contributed by atoms with E-state index in [-0.39, 0.29) is 5.41 Å². The van der Waals surface area contributed by atoms with Crippen molar-refractivity contribution >= 4 is 17.6 Å². The fraction of sp³-hybridized carbons (Fsp3) is 0.450. The summed E-state index contributed by atoms with van der Waals surface area (Å²) in [5, 5.41) is 4.30. The second-order valence-corrected chi connectivity index (χ2v) is 7.80. The molecular formula is C20H25ClN4O2. The van der Waals surface area contributed by atoms with Crippen LogP contribution in [0.3, 0.4) is 0 Å². The van der Waals surface area contributed by atoms with E-state index in [0.29, 0.717) is 6.79 Å². The highest BCUT2D eigenvalue weighted by molar-refractivity contribution is 6.30. The van der Waals surface area contributed by atoms with Crippen molar-refractivity contribution in [2.24, 2.45) is 12.0 Å². The summed E-state index contributed by atoms with van der Waals surface area (Å²) < 4.78 is 13.0. The van der Waals surface area contributed by atoms with Crippen molar-refractivity contribution in [1.29, 1.82) is 0 Å². The summed E-state index contributed by atoms with van der Waals surface area (Å²) in [7, 11) is 5.86. The SMILES string of the molecule is CN=C(NCC1(c2ccc3c(c2)OCO3)CC1)N(C)Cc1cc(Cl)cn1C. The third-order valence-electron chi connectivity index (χ3n) is 5.47. The first kappa shape index (κ1) is 18.0. The number of fused-ring (bicyclic) bond motifs is 1. The van der Waals surface area contributed by atoms with Crippen molar-refractivity contribution in [1.82, 2.24) is 14.8 Å². The van der Waals surface area contributed by atoms with Crippen LogP contribution in [0, 0.1) is 0 Å². The summed E-state index contributed by atoms with van der Waals surface area (Å²) in [5.41, 5.74) is 2.58. The van der Waals surface area contributed by atoms with E-state index in [1.165, 1.54) is 5.56 Å². The second-order valence-electron chi connectivity index (χ2n) is 7.37. The van der Waals surface area contributed by atoms with Crippen molar-refractivity contribution in [3.8, 4) is 11.5 Å². The molecule has 1 aromatic carbocycles. The normalized spacial score (nSPS) is 17.1. The van der Waals surface area contributed by atoms with Crippen molar-refractivity contribution in [3.63, 3.8) is 0 Å². The predicted octanol–water partition coefficient (Wildman–Crippen LogP) is 3.15. The number of aromatic nitrogens is 1. The van der Waals surface area contributed by atoms with Crippen molar-refractivity contribution in [3.05, 3.63) is 46.7 Å². The van der Waals surface area contributed by atoms with Gasteiger partial charge in [0, 0.05) is 45.0 Å². The Kier molecular flexibility index (Phi) is 4.68. The number of halogens is 1. The third kappa shape index (κ3) is 3.58. The summed E-state index contributed by atoms with van der Waals surface area (Å²) in [6, 6.07) is 8.27. The van der Waals surface area contributed by atoms with Gasteiger partial charge < -0.3 is 24.3 Å². The molecule has 2 heterocycles. The van der Waals surface area contributed by atoms with Gasteiger partial charge in [-0.2, -0.15) is 0 Å². The third-order valence-corrected chi connectivity index (χ3v) is 5.68. The number of ether oxygens (including phenoxy) is 2. The molecule has 2 aromatic rings. The van der Waals surface area contributed by atoms with Gasteiger partial charge in [0.25, 0.3) is 0 Å². The molecule has 1 N–H and O–H groups in total. The summed E-state index contributed by atoms with van der Waals surface area (Å²) in [4.78, 5) is 6.56. The number of nitrogens with zero attached hydrogens (tertiary/aromatic N) is 3. The van der Waals surface area contributed by atoms with Crippen molar-refractivity contribution in [2.75, 3.05) is 27.4 Å². The minimum atomic E-state index is 0.145. The van der Waals surface area contributed by atoms with Gasteiger partial charge >= 0.3 is 0 Å². The Morgan fingerprint density at radius 3 is 2.74 bits per heavy atom. The highest BCUT2D eigenvalue weighted by Gasteiger charge is 2.45. The Morgan fingerprint density at radius 1 is 1.30 bits per heavy atom. The molecule has 1 fully saturated rings. The van der Waals surface area contributed by atoms with Gasteiger partial charge in [-0.05, 0) is 36.6 Å². The van der Waals surface area contributed by atoms with E-state index in [1.807, 2.05) is 44.0 Å². The Balaban J connectivity index is 1.41. The number of benzene rings is 1. The van der Waals surface area contributed by atoms with E-state index in [1.54, 1.807) is 0 Å². The average molecular weight is 389 g/mol. The van der Waals surface area contributed by atoms with Crippen LogP contribution in [0.25, 0.3) is 0 Å². The molecule has 1 aromatic heterocycles. The average Bonchev–Trinajstić information content (AvgIpc) is 3.17. The first-order chi connectivity index (χ1) is 13.0. The van der Waals surface area contributed by atoms with Gasteiger partial charge in [0.05, 0.1) is 11.6 Å².